The Hall–Kier alpha value is -2.95. The molecule has 2 aromatic carbocycles. The van der Waals surface area contributed by atoms with Crippen LogP contribution in [0.1, 0.15) is 38.2 Å². The van der Waals surface area contributed by atoms with Crippen LogP contribution in [-0.2, 0) is 13.1 Å². The van der Waals surface area contributed by atoms with Gasteiger partial charge in [0.05, 0.1) is 31.1 Å². The fourth-order valence-corrected chi connectivity index (χ4v) is 2.97. The molecule has 0 unspecified atom stereocenters. The Morgan fingerprint density at radius 1 is 0.897 bits per heavy atom. The summed E-state index contributed by atoms with van der Waals surface area (Å²) in [4.78, 5) is 0. The summed E-state index contributed by atoms with van der Waals surface area (Å²) >= 11 is 0. The van der Waals surface area contributed by atoms with Crippen LogP contribution >= 0.6 is 0 Å². The van der Waals surface area contributed by atoms with Gasteiger partial charge in [-0.05, 0) is 62.6 Å². The van der Waals surface area contributed by atoms with Gasteiger partial charge in [-0.3, -0.25) is 0 Å². The molecule has 0 N–H and O–H groups in total. The standard InChI is InChI=1S/C24H31N4O/c1-3-4-15-27-17-18-28(20-27)16-5-6-19-29-24-13-11-23(12-14-24)26-25-22-9-7-21(2)8-10-22/h7-14,17-18,20H,3-6,15-16,19H2,1-2H3/q+1. The van der Waals surface area contributed by atoms with Crippen LogP contribution in [0.2, 0.25) is 0 Å². The molecule has 0 fully saturated rings. The Balaban J connectivity index is 1.35. The largest absolute Gasteiger partial charge is 0.494 e. The molecule has 0 atom stereocenters. The summed E-state index contributed by atoms with van der Waals surface area (Å²) in [6, 6.07) is 15.8. The van der Waals surface area contributed by atoms with E-state index in [-0.39, 0.29) is 0 Å². The molecule has 1 aromatic heterocycles. The molecule has 0 spiro atoms. The van der Waals surface area contributed by atoms with Crippen molar-refractivity contribution in [3.05, 3.63) is 72.8 Å². The number of aromatic nitrogens is 2. The van der Waals surface area contributed by atoms with E-state index in [4.69, 9.17) is 4.74 Å². The Kier molecular flexibility index (Phi) is 7.99. The highest BCUT2D eigenvalue weighted by atomic mass is 16.5. The van der Waals surface area contributed by atoms with Crippen molar-refractivity contribution in [2.75, 3.05) is 6.61 Å². The first-order chi connectivity index (χ1) is 14.2. The van der Waals surface area contributed by atoms with Gasteiger partial charge in [0.2, 0.25) is 6.33 Å². The quantitative estimate of drug-likeness (QED) is 0.219. The molecular formula is C24H31N4O+. The van der Waals surface area contributed by atoms with Gasteiger partial charge >= 0.3 is 0 Å². The second-order valence-electron chi connectivity index (χ2n) is 7.33. The second kappa shape index (κ2) is 11.1. The van der Waals surface area contributed by atoms with Crippen molar-refractivity contribution in [3.8, 4) is 5.75 Å². The summed E-state index contributed by atoms with van der Waals surface area (Å²) in [7, 11) is 0. The molecule has 0 aliphatic rings. The summed E-state index contributed by atoms with van der Waals surface area (Å²) in [5.41, 5.74) is 2.89. The number of aryl methyl sites for hydroxylation is 3. The Morgan fingerprint density at radius 2 is 1.59 bits per heavy atom. The fraction of sp³-hybridized carbons (Fsp3) is 0.375. The van der Waals surface area contributed by atoms with Crippen LogP contribution in [0, 0.1) is 6.92 Å². The van der Waals surface area contributed by atoms with E-state index in [9.17, 15) is 0 Å². The van der Waals surface area contributed by atoms with Crippen molar-refractivity contribution in [1.29, 1.82) is 0 Å². The van der Waals surface area contributed by atoms with Crippen LogP contribution in [-0.4, -0.2) is 11.2 Å². The van der Waals surface area contributed by atoms with E-state index < -0.39 is 0 Å². The van der Waals surface area contributed by atoms with Gasteiger partial charge in [-0.1, -0.05) is 31.0 Å². The monoisotopic (exact) mass is 391 g/mol. The molecule has 29 heavy (non-hydrogen) atoms. The van der Waals surface area contributed by atoms with E-state index in [1.807, 2.05) is 48.5 Å². The van der Waals surface area contributed by atoms with Gasteiger partial charge in [0.15, 0.2) is 0 Å². The Bertz CT molecular complexity index is 882. The average molecular weight is 392 g/mol. The number of hydrogen-bond donors (Lipinski definition) is 0. The lowest BCUT2D eigenvalue weighted by atomic mass is 10.2. The second-order valence-corrected chi connectivity index (χ2v) is 7.33. The minimum absolute atomic E-state index is 0.724. The number of imidazole rings is 1. The zero-order valence-electron chi connectivity index (χ0n) is 17.5. The molecule has 3 aromatic rings. The number of nitrogens with zero attached hydrogens (tertiary/aromatic N) is 4. The molecule has 152 valence electrons. The van der Waals surface area contributed by atoms with Crippen LogP contribution in [0.25, 0.3) is 0 Å². The highest BCUT2D eigenvalue weighted by molar-refractivity contribution is 5.43. The van der Waals surface area contributed by atoms with Gasteiger partial charge in [0.1, 0.15) is 18.1 Å². The summed E-state index contributed by atoms with van der Waals surface area (Å²) in [5, 5.41) is 8.54. The molecule has 0 saturated heterocycles. The van der Waals surface area contributed by atoms with Crippen molar-refractivity contribution in [3.63, 3.8) is 0 Å². The third-order valence-electron chi connectivity index (χ3n) is 4.75. The van der Waals surface area contributed by atoms with E-state index in [0.717, 1.165) is 49.7 Å². The first kappa shape index (κ1) is 20.8. The number of ether oxygens (including phenoxy) is 1. The maximum Gasteiger partial charge on any atom is 0.243 e. The third-order valence-corrected chi connectivity index (χ3v) is 4.75. The molecule has 0 aliphatic heterocycles. The lowest BCUT2D eigenvalue weighted by Gasteiger charge is -2.05. The molecule has 0 bridgehead atoms. The van der Waals surface area contributed by atoms with Crippen LogP contribution < -0.4 is 9.30 Å². The van der Waals surface area contributed by atoms with Crippen molar-refractivity contribution in [2.24, 2.45) is 10.2 Å². The van der Waals surface area contributed by atoms with Crippen LogP contribution in [0.15, 0.2) is 77.5 Å². The van der Waals surface area contributed by atoms with E-state index in [1.54, 1.807) is 0 Å². The number of rotatable bonds is 11. The zero-order chi connectivity index (χ0) is 20.3. The number of azo groups is 1. The molecular weight excluding hydrogens is 360 g/mol. The van der Waals surface area contributed by atoms with Crippen LogP contribution in [0.3, 0.4) is 0 Å². The Morgan fingerprint density at radius 3 is 2.28 bits per heavy atom. The number of hydrogen-bond acceptors (Lipinski definition) is 3. The number of unbranched alkanes of at least 4 members (excludes halogenated alkanes) is 2. The van der Waals surface area contributed by atoms with E-state index in [2.05, 4.69) is 51.9 Å². The van der Waals surface area contributed by atoms with Gasteiger partial charge < -0.3 is 4.74 Å². The molecule has 5 heteroatoms. The van der Waals surface area contributed by atoms with Crippen molar-refractivity contribution < 1.29 is 9.30 Å². The molecule has 0 amide bonds. The molecule has 0 aliphatic carbocycles. The number of benzene rings is 2. The topological polar surface area (TPSA) is 42.8 Å². The predicted octanol–water partition coefficient (Wildman–Crippen LogP) is 6.16. The minimum atomic E-state index is 0.724. The predicted molar refractivity (Wildman–Crippen MR) is 116 cm³/mol. The van der Waals surface area contributed by atoms with Gasteiger partial charge in [0, 0.05) is 0 Å². The van der Waals surface area contributed by atoms with E-state index in [0.29, 0.717) is 0 Å². The lowest BCUT2D eigenvalue weighted by molar-refractivity contribution is -0.696. The molecule has 3 rings (SSSR count). The van der Waals surface area contributed by atoms with E-state index in [1.165, 1.54) is 18.4 Å². The third kappa shape index (κ3) is 7.18. The summed E-state index contributed by atoms with van der Waals surface area (Å²) in [5.74, 6) is 0.873. The maximum atomic E-state index is 5.85. The van der Waals surface area contributed by atoms with E-state index >= 15 is 0 Å². The van der Waals surface area contributed by atoms with Gasteiger partial charge in [-0.15, -0.1) is 0 Å². The zero-order valence-corrected chi connectivity index (χ0v) is 17.5. The van der Waals surface area contributed by atoms with Gasteiger partial charge in [-0.2, -0.15) is 10.2 Å². The molecule has 0 radical (unpaired) electrons. The highest BCUT2D eigenvalue weighted by Gasteiger charge is 2.03. The SMILES string of the molecule is CCCCn1cc[n+](CCCCOc2ccc(N=Nc3ccc(C)cc3)cc2)c1. The summed E-state index contributed by atoms with van der Waals surface area (Å²) < 4.78 is 10.4. The first-order valence-corrected chi connectivity index (χ1v) is 10.5. The maximum absolute atomic E-state index is 5.85. The molecule has 1 heterocycles. The van der Waals surface area contributed by atoms with Crippen molar-refractivity contribution in [1.82, 2.24) is 4.57 Å². The van der Waals surface area contributed by atoms with Crippen molar-refractivity contribution in [2.45, 2.75) is 52.6 Å². The van der Waals surface area contributed by atoms with Crippen LogP contribution in [0.4, 0.5) is 11.4 Å². The molecule has 0 saturated carbocycles. The van der Waals surface area contributed by atoms with Gasteiger partial charge in [0.25, 0.3) is 0 Å². The first-order valence-electron chi connectivity index (χ1n) is 10.5. The molecule has 5 nitrogen and oxygen atoms in total. The van der Waals surface area contributed by atoms with Crippen molar-refractivity contribution >= 4 is 11.4 Å². The van der Waals surface area contributed by atoms with Crippen LogP contribution in [0.5, 0.6) is 5.75 Å². The lowest BCUT2D eigenvalue weighted by Crippen LogP contribution is -2.31. The smallest absolute Gasteiger partial charge is 0.243 e. The summed E-state index contributed by atoms with van der Waals surface area (Å²) in [6.45, 7) is 7.14. The van der Waals surface area contributed by atoms with Gasteiger partial charge in [-0.25, -0.2) is 9.13 Å². The normalized spacial score (nSPS) is 11.2. The Labute approximate surface area is 173 Å². The fourth-order valence-electron chi connectivity index (χ4n) is 2.97. The minimum Gasteiger partial charge on any atom is -0.494 e. The summed E-state index contributed by atoms with van der Waals surface area (Å²) in [6.07, 6.45) is 11.1. The average Bonchev–Trinajstić information content (AvgIpc) is 3.20. The highest BCUT2D eigenvalue weighted by Crippen LogP contribution is 2.21.